The van der Waals surface area contributed by atoms with Crippen molar-refractivity contribution >= 4 is 23.9 Å². The van der Waals surface area contributed by atoms with Gasteiger partial charge in [-0.3, -0.25) is 14.4 Å². The Morgan fingerprint density at radius 2 is 0.792 bits per heavy atom. The Morgan fingerprint density at radius 1 is 0.429 bits per heavy atom. The second kappa shape index (κ2) is 51.6. The van der Waals surface area contributed by atoms with Gasteiger partial charge in [-0.05, 0) is 122 Å². The summed E-state index contributed by atoms with van der Waals surface area (Å²) in [5.41, 5.74) is 0. The Morgan fingerprint density at radius 3 is 1.23 bits per heavy atom. The fraction of sp³-hybridized carbons (Fsp3) is 0.600. The minimum Gasteiger partial charge on any atom is -0.479 e. The van der Waals surface area contributed by atoms with E-state index in [9.17, 15) is 34.5 Å². The van der Waals surface area contributed by atoms with Crippen molar-refractivity contribution in [2.45, 2.75) is 237 Å². The van der Waals surface area contributed by atoms with Gasteiger partial charge in [-0.2, -0.15) is 0 Å². The van der Waals surface area contributed by atoms with E-state index in [-0.39, 0.29) is 25.9 Å². The molecular weight excluding hydrogens is 973 g/mol. The van der Waals surface area contributed by atoms with Crippen molar-refractivity contribution in [1.29, 1.82) is 0 Å². The highest BCUT2D eigenvalue weighted by Crippen LogP contribution is 2.26. The van der Waals surface area contributed by atoms with Crippen LogP contribution in [0.2, 0.25) is 0 Å². The zero-order valence-electron chi connectivity index (χ0n) is 47.4. The van der Waals surface area contributed by atoms with Crippen LogP contribution in [0.15, 0.2) is 134 Å². The van der Waals surface area contributed by atoms with Gasteiger partial charge in [0.1, 0.15) is 18.8 Å². The van der Waals surface area contributed by atoms with Gasteiger partial charge >= 0.3 is 23.9 Å². The molecule has 1 heterocycles. The molecule has 1 rings (SSSR count). The Labute approximate surface area is 464 Å². The minimum atomic E-state index is -1.93. The second-order valence-corrected chi connectivity index (χ2v) is 19.1. The third-order valence-corrected chi connectivity index (χ3v) is 12.2. The molecule has 0 aromatic rings. The lowest BCUT2D eigenvalue weighted by molar-refractivity contribution is -0.301. The van der Waals surface area contributed by atoms with Crippen LogP contribution in [0.1, 0.15) is 201 Å². The molecule has 3 N–H and O–H groups in total. The van der Waals surface area contributed by atoms with Gasteiger partial charge in [0, 0.05) is 19.3 Å². The largest absolute Gasteiger partial charge is 0.479 e. The van der Waals surface area contributed by atoms with E-state index in [1.165, 1.54) is 0 Å². The Bertz CT molecular complexity index is 1850. The summed E-state index contributed by atoms with van der Waals surface area (Å²) in [7, 11) is 0. The third-order valence-electron chi connectivity index (χ3n) is 12.2. The van der Waals surface area contributed by atoms with E-state index in [4.69, 9.17) is 23.7 Å². The molecule has 0 aromatic heterocycles. The molecule has 12 heteroatoms. The number of ether oxygens (including phenoxy) is 5. The van der Waals surface area contributed by atoms with Gasteiger partial charge in [-0.25, -0.2) is 4.79 Å². The molecule has 1 aliphatic heterocycles. The van der Waals surface area contributed by atoms with Crippen LogP contribution in [0, 0.1) is 0 Å². The molecule has 0 aromatic carbocycles. The monoisotopic (exact) mass is 1070 g/mol. The molecule has 6 unspecified atom stereocenters. The number of hydrogen-bond donors (Lipinski definition) is 3. The number of hydrogen-bond acceptors (Lipinski definition) is 11. The van der Waals surface area contributed by atoms with Crippen molar-refractivity contribution in [3.05, 3.63) is 134 Å². The third kappa shape index (κ3) is 41.6. The molecule has 6 atom stereocenters. The molecule has 0 bridgehead atoms. The number of carboxylic acid groups (broad SMARTS) is 1. The van der Waals surface area contributed by atoms with Gasteiger partial charge in [0.25, 0.3) is 0 Å². The first-order chi connectivity index (χ1) is 37.6. The van der Waals surface area contributed by atoms with Crippen molar-refractivity contribution in [3.8, 4) is 0 Å². The molecule has 77 heavy (non-hydrogen) atoms. The van der Waals surface area contributed by atoms with E-state index < -0.39 is 67.3 Å². The Balaban J connectivity index is 2.75. The number of unbranched alkanes of at least 4 members (excludes halogenated alkanes) is 11. The lowest BCUT2D eigenvalue weighted by Crippen LogP contribution is -2.61. The van der Waals surface area contributed by atoms with Crippen molar-refractivity contribution in [1.82, 2.24) is 0 Å². The van der Waals surface area contributed by atoms with Crippen molar-refractivity contribution in [2.75, 3.05) is 13.2 Å². The van der Waals surface area contributed by atoms with Crippen LogP contribution in [0.5, 0.6) is 0 Å². The van der Waals surface area contributed by atoms with E-state index in [1.807, 2.05) is 6.08 Å². The summed E-state index contributed by atoms with van der Waals surface area (Å²) < 4.78 is 28.3. The van der Waals surface area contributed by atoms with Crippen molar-refractivity contribution in [2.24, 2.45) is 0 Å². The first kappa shape index (κ1) is 69.9. The summed E-state index contributed by atoms with van der Waals surface area (Å²) in [4.78, 5) is 51.1. The number of carbonyl (C=O) groups excluding carboxylic acids is 3. The van der Waals surface area contributed by atoms with Crippen molar-refractivity contribution < 1.29 is 58.2 Å². The molecule has 0 radical (unpaired) electrons. The van der Waals surface area contributed by atoms with E-state index in [0.29, 0.717) is 25.7 Å². The first-order valence-corrected chi connectivity index (χ1v) is 29.2. The van der Waals surface area contributed by atoms with Gasteiger partial charge in [-0.1, -0.05) is 193 Å². The molecule has 1 aliphatic rings. The zero-order valence-corrected chi connectivity index (χ0v) is 47.4. The number of aliphatic carboxylic acids is 1. The molecule has 1 fully saturated rings. The zero-order chi connectivity index (χ0) is 56.1. The van der Waals surface area contributed by atoms with E-state index in [2.05, 4.69) is 148 Å². The summed E-state index contributed by atoms with van der Waals surface area (Å²) >= 11 is 0. The second-order valence-electron chi connectivity index (χ2n) is 19.1. The number of aliphatic hydroxyl groups excluding tert-OH is 2. The lowest BCUT2D eigenvalue weighted by atomic mass is 9.98. The fourth-order valence-corrected chi connectivity index (χ4v) is 7.84. The summed E-state index contributed by atoms with van der Waals surface area (Å²) in [5, 5.41) is 31.5. The standard InChI is InChI=1S/C65H100O12/c1-4-7-10-13-16-19-22-25-27-29-31-34-36-39-42-45-48-51-57(66)73-54-56(75-58(67)52-49-46-43-40-37-33-24-21-18-15-12-9-6-3)55-74-65-63(61(70)60(69)62(77-65)64(71)72)76-59(68)53-50-47-44-41-38-35-32-30-28-26-23-20-17-14-11-8-5-2/h7-12,16-21,25-28,31,33-34,37,39,42,56,60-63,65,69-70H,4-6,13-15,22-24,29-30,32,35-36,38,40-41,43-55H2,1-3H3,(H,71,72)/b10-7-,11-8-,12-9-,19-16-,20-17-,21-18-,27-25-,28-26-,34-31-,37-33-,42-39-. The van der Waals surface area contributed by atoms with Crippen LogP contribution in [0.4, 0.5) is 0 Å². The van der Waals surface area contributed by atoms with Gasteiger partial charge in [0.15, 0.2) is 24.6 Å². The maximum absolute atomic E-state index is 13.1. The average Bonchev–Trinajstić information content (AvgIpc) is 3.42. The molecule has 0 spiro atoms. The van der Waals surface area contributed by atoms with Crippen LogP contribution in [-0.2, 0) is 42.9 Å². The smallest absolute Gasteiger partial charge is 0.335 e. The molecule has 0 amide bonds. The highest BCUT2D eigenvalue weighted by molar-refractivity contribution is 5.74. The molecule has 12 nitrogen and oxygen atoms in total. The highest BCUT2D eigenvalue weighted by atomic mass is 16.7. The predicted molar refractivity (Wildman–Crippen MR) is 312 cm³/mol. The van der Waals surface area contributed by atoms with Crippen LogP contribution in [-0.4, -0.2) is 89.2 Å². The summed E-state index contributed by atoms with van der Waals surface area (Å²) in [6.45, 7) is 5.55. The minimum absolute atomic E-state index is 0.0324. The molecule has 1 saturated heterocycles. The van der Waals surface area contributed by atoms with Crippen LogP contribution >= 0.6 is 0 Å². The van der Waals surface area contributed by atoms with E-state index in [0.717, 1.165) is 135 Å². The summed E-state index contributed by atoms with van der Waals surface area (Å²) in [5.74, 6) is -3.27. The van der Waals surface area contributed by atoms with E-state index >= 15 is 0 Å². The number of esters is 3. The quantitative estimate of drug-likeness (QED) is 0.0228. The maximum Gasteiger partial charge on any atom is 0.335 e. The Kier molecular flexibility index (Phi) is 46.8. The predicted octanol–water partition coefficient (Wildman–Crippen LogP) is 15.0. The summed E-state index contributed by atoms with van der Waals surface area (Å²) in [6.07, 6.45) is 60.0. The highest BCUT2D eigenvalue weighted by Gasteiger charge is 2.50. The van der Waals surface area contributed by atoms with Crippen LogP contribution in [0.25, 0.3) is 0 Å². The number of carbonyl (C=O) groups is 4. The molecule has 0 aliphatic carbocycles. The van der Waals surface area contributed by atoms with Crippen LogP contribution in [0.3, 0.4) is 0 Å². The molecule has 0 saturated carbocycles. The number of aliphatic hydroxyl groups is 2. The fourth-order valence-electron chi connectivity index (χ4n) is 7.84. The Hall–Kier alpha value is -5.14. The van der Waals surface area contributed by atoms with Gasteiger partial charge in [0.05, 0.1) is 6.61 Å². The lowest BCUT2D eigenvalue weighted by Gasteiger charge is -2.40. The number of rotatable bonds is 47. The van der Waals surface area contributed by atoms with Crippen molar-refractivity contribution in [3.63, 3.8) is 0 Å². The number of allylic oxidation sites excluding steroid dienone is 22. The van der Waals surface area contributed by atoms with E-state index in [1.54, 1.807) is 0 Å². The maximum atomic E-state index is 13.1. The van der Waals surface area contributed by atoms with Gasteiger partial charge in [0.2, 0.25) is 0 Å². The first-order valence-electron chi connectivity index (χ1n) is 29.2. The SMILES string of the molecule is CC/C=C\C/C=C\C/C=C\C/C=C\C/C=C\CCCC(=O)OCC(COC1OC(C(=O)O)C(O)C(O)C1OC(=O)CCCCCCCCC/C=C\C/C=C\C/C=C\CC)OC(=O)CCCCC/C=C\C/C=C\C/C=C\CC. The molecule has 432 valence electrons. The number of carboxylic acids is 1. The normalized spacial score (nSPS) is 19.0. The average molecular weight is 1070 g/mol. The summed E-state index contributed by atoms with van der Waals surface area (Å²) in [6, 6.07) is 0. The van der Waals surface area contributed by atoms with Gasteiger partial charge in [-0.15, -0.1) is 0 Å². The molecular formula is C65H100O12. The topological polar surface area (TPSA) is 175 Å². The van der Waals surface area contributed by atoms with Gasteiger partial charge < -0.3 is 39.0 Å². The van der Waals surface area contributed by atoms with Crippen LogP contribution < -0.4 is 0 Å².